The van der Waals surface area contributed by atoms with Gasteiger partial charge in [0.1, 0.15) is 0 Å². The third-order valence-electron chi connectivity index (χ3n) is 3.28. The van der Waals surface area contributed by atoms with Gasteiger partial charge in [-0.25, -0.2) is 0 Å². The van der Waals surface area contributed by atoms with E-state index in [1.807, 2.05) is 35.7 Å². The van der Waals surface area contributed by atoms with Gasteiger partial charge in [0.2, 0.25) is 5.91 Å². The lowest BCUT2D eigenvalue weighted by atomic mass is 10.2. The van der Waals surface area contributed by atoms with Gasteiger partial charge in [0.15, 0.2) is 0 Å². The van der Waals surface area contributed by atoms with E-state index < -0.39 is 0 Å². The third kappa shape index (κ3) is 5.31. The molecule has 1 aromatic heterocycles. The summed E-state index contributed by atoms with van der Waals surface area (Å²) in [5.41, 5.74) is 1.14. The topological polar surface area (TPSA) is 45.2 Å². The monoisotopic (exact) mass is 315 g/mol. The maximum Gasteiger partial charge on any atom is 0.224 e. The Morgan fingerprint density at radius 2 is 2.25 bits per heavy atom. The highest BCUT2D eigenvalue weighted by Gasteiger charge is 2.20. The normalized spacial score (nSPS) is 18.1. The van der Waals surface area contributed by atoms with Crippen LogP contribution in [0.1, 0.15) is 18.9 Å². The van der Waals surface area contributed by atoms with E-state index >= 15 is 0 Å². The Bertz CT molecular complexity index is 399. The summed E-state index contributed by atoms with van der Waals surface area (Å²) in [6.07, 6.45) is 4.14. The number of amides is 1. The molecule has 1 aromatic rings. The van der Waals surface area contributed by atoms with E-state index in [0.29, 0.717) is 19.0 Å². The molecule has 1 amide bonds. The van der Waals surface area contributed by atoms with E-state index in [2.05, 4.69) is 10.3 Å². The van der Waals surface area contributed by atoms with Crippen LogP contribution in [-0.4, -0.2) is 46.4 Å². The molecule has 112 valence electrons. The van der Waals surface area contributed by atoms with Crippen molar-refractivity contribution in [2.24, 2.45) is 0 Å². The van der Waals surface area contributed by atoms with Crippen LogP contribution in [0.4, 0.5) is 0 Å². The molecule has 6 heteroatoms. The lowest BCUT2D eigenvalue weighted by molar-refractivity contribution is -0.132. The van der Waals surface area contributed by atoms with Gasteiger partial charge in [0, 0.05) is 56.0 Å². The predicted molar refractivity (Wildman–Crippen MR) is 86.3 cm³/mol. The molecule has 1 atom stereocenters. The highest BCUT2D eigenvalue weighted by Crippen LogP contribution is 2.12. The van der Waals surface area contributed by atoms with Gasteiger partial charge in [0.25, 0.3) is 0 Å². The quantitative estimate of drug-likeness (QED) is 0.902. The van der Waals surface area contributed by atoms with Crippen LogP contribution >= 0.6 is 24.2 Å². The van der Waals surface area contributed by atoms with Crippen molar-refractivity contribution in [2.45, 2.75) is 25.9 Å². The number of thioether (sulfide) groups is 1. The first-order valence-corrected chi connectivity index (χ1v) is 7.93. The van der Waals surface area contributed by atoms with Crippen molar-refractivity contribution in [3.8, 4) is 0 Å². The summed E-state index contributed by atoms with van der Waals surface area (Å²) < 4.78 is 0. The Balaban J connectivity index is 0.00000200. The SMILES string of the molecule is CCN(Cc1ccncc1)C(=O)CC1CSCCN1.Cl. The largest absolute Gasteiger partial charge is 0.339 e. The molecule has 0 aromatic carbocycles. The van der Waals surface area contributed by atoms with Crippen LogP contribution in [0.5, 0.6) is 0 Å². The highest BCUT2D eigenvalue weighted by atomic mass is 35.5. The fourth-order valence-corrected chi connectivity index (χ4v) is 3.12. The van der Waals surface area contributed by atoms with E-state index in [4.69, 9.17) is 0 Å². The van der Waals surface area contributed by atoms with Crippen LogP contribution < -0.4 is 5.32 Å². The van der Waals surface area contributed by atoms with Crippen molar-refractivity contribution >= 4 is 30.1 Å². The summed E-state index contributed by atoms with van der Waals surface area (Å²) in [4.78, 5) is 18.2. The van der Waals surface area contributed by atoms with Crippen LogP contribution in [-0.2, 0) is 11.3 Å². The molecule has 0 radical (unpaired) electrons. The molecule has 2 heterocycles. The average molecular weight is 316 g/mol. The van der Waals surface area contributed by atoms with Gasteiger partial charge in [-0.2, -0.15) is 11.8 Å². The fraction of sp³-hybridized carbons (Fsp3) is 0.571. The molecule has 1 fully saturated rings. The summed E-state index contributed by atoms with van der Waals surface area (Å²) in [6.45, 7) is 4.47. The molecule has 1 unspecified atom stereocenters. The van der Waals surface area contributed by atoms with Crippen LogP contribution in [0.25, 0.3) is 0 Å². The van der Waals surface area contributed by atoms with E-state index in [9.17, 15) is 4.79 Å². The van der Waals surface area contributed by atoms with E-state index in [0.717, 1.165) is 30.2 Å². The molecular formula is C14H22ClN3OS. The molecule has 1 N–H and O–H groups in total. The van der Waals surface area contributed by atoms with Crippen molar-refractivity contribution in [1.82, 2.24) is 15.2 Å². The maximum absolute atomic E-state index is 12.3. The Kier molecular flexibility index (Phi) is 7.95. The van der Waals surface area contributed by atoms with Crippen molar-refractivity contribution in [2.75, 3.05) is 24.6 Å². The van der Waals surface area contributed by atoms with Crippen LogP contribution in [0.15, 0.2) is 24.5 Å². The number of carbonyl (C=O) groups is 1. The van der Waals surface area contributed by atoms with Crippen LogP contribution in [0, 0.1) is 0 Å². The number of aromatic nitrogens is 1. The predicted octanol–water partition coefficient (Wildman–Crippen LogP) is 1.95. The maximum atomic E-state index is 12.3. The number of pyridine rings is 1. The van der Waals surface area contributed by atoms with Gasteiger partial charge >= 0.3 is 0 Å². The van der Waals surface area contributed by atoms with E-state index in [-0.39, 0.29) is 18.3 Å². The van der Waals surface area contributed by atoms with Gasteiger partial charge in [-0.05, 0) is 24.6 Å². The minimum atomic E-state index is 0. The molecule has 1 saturated heterocycles. The zero-order chi connectivity index (χ0) is 13.5. The van der Waals surface area contributed by atoms with Gasteiger partial charge in [-0.1, -0.05) is 0 Å². The number of halogens is 1. The summed E-state index contributed by atoms with van der Waals surface area (Å²) in [5.74, 6) is 2.43. The Morgan fingerprint density at radius 3 is 2.85 bits per heavy atom. The summed E-state index contributed by atoms with van der Waals surface area (Å²) in [7, 11) is 0. The zero-order valence-electron chi connectivity index (χ0n) is 11.7. The minimum Gasteiger partial charge on any atom is -0.339 e. The van der Waals surface area contributed by atoms with E-state index in [1.54, 1.807) is 12.4 Å². The minimum absolute atomic E-state index is 0. The third-order valence-corrected chi connectivity index (χ3v) is 4.41. The van der Waals surface area contributed by atoms with Crippen molar-refractivity contribution in [1.29, 1.82) is 0 Å². The standard InChI is InChI=1S/C14H21N3OS.ClH/c1-2-17(10-12-3-5-15-6-4-12)14(18)9-13-11-19-8-7-16-13;/h3-6,13,16H,2,7-11H2,1H3;1H. The van der Waals surface area contributed by atoms with Gasteiger partial charge in [-0.15, -0.1) is 12.4 Å². The van der Waals surface area contributed by atoms with E-state index in [1.165, 1.54) is 0 Å². The average Bonchev–Trinajstić information content (AvgIpc) is 2.47. The van der Waals surface area contributed by atoms with Gasteiger partial charge in [0.05, 0.1) is 0 Å². The number of rotatable bonds is 5. The Hall–Kier alpha value is -0.780. The summed E-state index contributed by atoms with van der Waals surface area (Å²) in [6, 6.07) is 4.26. The molecule has 0 spiro atoms. The molecular weight excluding hydrogens is 294 g/mol. The lowest BCUT2D eigenvalue weighted by Crippen LogP contribution is -2.42. The van der Waals surface area contributed by atoms with Crippen LogP contribution in [0.2, 0.25) is 0 Å². The number of hydrogen-bond donors (Lipinski definition) is 1. The van der Waals surface area contributed by atoms with Crippen molar-refractivity contribution in [3.05, 3.63) is 30.1 Å². The van der Waals surface area contributed by atoms with Crippen molar-refractivity contribution in [3.63, 3.8) is 0 Å². The Labute approximate surface area is 131 Å². The zero-order valence-corrected chi connectivity index (χ0v) is 13.4. The first-order chi connectivity index (χ1) is 9.29. The summed E-state index contributed by atoms with van der Waals surface area (Å²) >= 11 is 1.93. The van der Waals surface area contributed by atoms with Gasteiger partial charge < -0.3 is 10.2 Å². The second-order valence-electron chi connectivity index (χ2n) is 4.69. The van der Waals surface area contributed by atoms with Crippen molar-refractivity contribution < 1.29 is 4.79 Å². The smallest absolute Gasteiger partial charge is 0.224 e. The molecule has 0 saturated carbocycles. The molecule has 0 bridgehead atoms. The molecule has 1 aliphatic heterocycles. The first-order valence-electron chi connectivity index (χ1n) is 6.77. The number of nitrogens with one attached hydrogen (secondary N) is 1. The molecule has 1 aliphatic rings. The first kappa shape index (κ1) is 17.3. The molecule has 4 nitrogen and oxygen atoms in total. The number of nitrogens with zero attached hydrogens (tertiary/aromatic N) is 2. The lowest BCUT2D eigenvalue weighted by Gasteiger charge is -2.26. The summed E-state index contributed by atoms with van der Waals surface area (Å²) in [5, 5.41) is 3.41. The molecule has 20 heavy (non-hydrogen) atoms. The second-order valence-corrected chi connectivity index (χ2v) is 5.84. The molecule has 0 aliphatic carbocycles. The fourth-order valence-electron chi connectivity index (χ4n) is 2.18. The molecule has 2 rings (SSSR count). The number of carbonyl (C=O) groups excluding carboxylic acids is 1. The second kappa shape index (κ2) is 9.21. The highest BCUT2D eigenvalue weighted by molar-refractivity contribution is 7.99. The van der Waals surface area contributed by atoms with Gasteiger partial charge in [-0.3, -0.25) is 9.78 Å². The van der Waals surface area contributed by atoms with Crippen LogP contribution in [0.3, 0.4) is 0 Å². The Morgan fingerprint density at radius 1 is 1.50 bits per heavy atom. The number of hydrogen-bond acceptors (Lipinski definition) is 4.